The van der Waals surface area contributed by atoms with E-state index in [1.807, 2.05) is 13.0 Å². The van der Waals surface area contributed by atoms with Gasteiger partial charge in [-0.1, -0.05) is 70.6 Å². The van der Waals surface area contributed by atoms with Gasteiger partial charge in [-0.2, -0.15) is 0 Å². The van der Waals surface area contributed by atoms with E-state index < -0.39 is 23.7 Å². The lowest BCUT2D eigenvalue weighted by Crippen LogP contribution is -2.36. The van der Waals surface area contributed by atoms with E-state index in [9.17, 15) is 20.1 Å². The van der Waals surface area contributed by atoms with Crippen LogP contribution in [0.4, 0.5) is 0 Å². The standard InChI is InChI=1S/C33H50O5.C3H8O/c1-6-7-19-38-31(37)33(17-18-33)29(35)15-10-21(2)26-13-14-27-24(9-8-16-32(26,27)5)11-12-25-20-28(34)23(4)30(36)22(25)3;1-3(2)4/h10-12,15,21,23,26-30,34-36H,3,6-9,13-14,16-20H2,1-2,4-5H3;3-4H,1-2H3/b15-10+,24-11+,25-12-;/t21-,23?,26-,27+,28?,29?,30?,32?;/m1./s1. The fraction of sp³-hybridized carbons (Fsp3) is 0.750. The van der Waals surface area contributed by atoms with E-state index in [1.165, 1.54) is 12.0 Å². The lowest BCUT2D eigenvalue weighted by Gasteiger charge is -2.44. The van der Waals surface area contributed by atoms with Gasteiger partial charge in [0.1, 0.15) is 0 Å². The zero-order valence-electron chi connectivity index (χ0n) is 27.0. The normalized spacial score (nSPS) is 35.6. The van der Waals surface area contributed by atoms with Crippen molar-refractivity contribution in [2.75, 3.05) is 6.61 Å². The van der Waals surface area contributed by atoms with Crippen LogP contribution in [0.5, 0.6) is 0 Å². The summed E-state index contributed by atoms with van der Waals surface area (Å²) in [7, 11) is 0. The van der Waals surface area contributed by atoms with E-state index >= 15 is 0 Å². The van der Waals surface area contributed by atoms with Crippen LogP contribution in [0.1, 0.15) is 106 Å². The van der Waals surface area contributed by atoms with Crippen LogP contribution < -0.4 is 0 Å². The Morgan fingerprint density at radius 1 is 1.10 bits per heavy atom. The molecule has 4 saturated carbocycles. The van der Waals surface area contributed by atoms with E-state index in [2.05, 4.69) is 45.6 Å². The van der Waals surface area contributed by atoms with Crippen LogP contribution in [0.2, 0.25) is 0 Å². The Morgan fingerprint density at radius 3 is 2.38 bits per heavy atom. The van der Waals surface area contributed by atoms with Crippen molar-refractivity contribution in [1.82, 2.24) is 0 Å². The maximum Gasteiger partial charge on any atom is 0.315 e. The maximum atomic E-state index is 12.6. The maximum absolute atomic E-state index is 12.6. The van der Waals surface area contributed by atoms with Gasteiger partial charge in [0, 0.05) is 12.0 Å². The lowest BCUT2D eigenvalue weighted by atomic mass is 9.61. The molecule has 0 aromatic carbocycles. The number of aliphatic hydroxyl groups is 4. The van der Waals surface area contributed by atoms with Crippen molar-refractivity contribution in [3.05, 3.63) is 47.6 Å². The van der Waals surface area contributed by atoms with Crippen molar-refractivity contribution in [2.24, 2.45) is 34.5 Å². The zero-order valence-corrected chi connectivity index (χ0v) is 27.0. The largest absolute Gasteiger partial charge is 0.465 e. The van der Waals surface area contributed by atoms with Crippen LogP contribution in [-0.4, -0.2) is 57.4 Å². The van der Waals surface area contributed by atoms with Crippen molar-refractivity contribution in [3.63, 3.8) is 0 Å². The predicted molar refractivity (Wildman–Crippen MR) is 168 cm³/mol. The van der Waals surface area contributed by atoms with Gasteiger partial charge in [-0.3, -0.25) is 4.79 Å². The summed E-state index contributed by atoms with van der Waals surface area (Å²) >= 11 is 0. The first-order chi connectivity index (χ1) is 19.8. The van der Waals surface area contributed by atoms with Crippen LogP contribution >= 0.6 is 0 Å². The van der Waals surface area contributed by atoms with Crippen molar-refractivity contribution in [3.8, 4) is 0 Å². The molecule has 6 nitrogen and oxygen atoms in total. The van der Waals surface area contributed by atoms with Gasteiger partial charge >= 0.3 is 5.97 Å². The quantitative estimate of drug-likeness (QED) is 0.141. The smallest absolute Gasteiger partial charge is 0.315 e. The first-order valence-electron chi connectivity index (χ1n) is 16.4. The molecule has 0 spiro atoms. The third kappa shape index (κ3) is 7.85. The summed E-state index contributed by atoms with van der Waals surface area (Å²) in [6.07, 6.45) is 15.8. The molecule has 4 aliphatic carbocycles. The molecule has 6 heteroatoms. The van der Waals surface area contributed by atoms with E-state index in [4.69, 9.17) is 9.84 Å². The molecule has 0 aromatic rings. The number of hydrogen-bond donors (Lipinski definition) is 4. The minimum atomic E-state index is -0.783. The molecule has 4 fully saturated rings. The molecule has 4 rings (SSSR count). The Kier molecular flexibility index (Phi) is 12.3. The second-order valence-electron chi connectivity index (χ2n) is 14.1. The van der Waals surface area contributed by atoms with E-state index in [-0.39, 0.29) is 23.4 Å². The summed E-state index contributed by atoms with van der Waals surface area (Å²) in [6, 6.07) is 0. The average Bonchev–Trinajstić information content (AvgIpc) is 3.67. The molecule has 0 aromatic heterocycles. The molecular weight excluding hydrogens is 528 g/mol. The molecule has 0 aliphatic heterocycles. The van der Waals surface area contributed by atoms with Crippen molar-refractivity contribution in [1.29, 1.82) is 0 Å². The van der Waals surface area contributed by atoms with Crippen LogP contribution in [0, 0.1) is 34.5 Å². The molecule has 4 aliphatic rings. The van der Waals surface area contributed by atoms with Gasteiger partial charge in [0.2, 0.25) is 0 Å². The number of allylic oxidation sites excluding steroid dienone is 4. The van der Waals surface area contributed by atoms with Crippen LogP contribution in [-0.2, 0) is 9.53 Å². The van der Waals surface area contributed by atoms with Crippen molar-refractivity contribution >= 4 is 5.97 Å². The number of carbonyl (C=O) groups excluding carboxylic acids is 1. The highest BCUT2D eigenvalue weighted by Gasteiger charge is 2.56. The van der Waals surface area contributed by atoms with E-state index in [0.717, 1.165) is 49.7 Å². The Labute approximate surface area is 254 Å². The van der Waals surface area contributed by atoms with Gasteiger partial charge in [0.05, 0.1) is 30.3 Å². The lowest BCUT2D eigenvalue weighted by molar-refractivity contribution is -0.153. The minimum Gasteiger partial charge on any atom is -0.465 e. The van der Waals surface area contributed by atoms with Gasteiger partial charge in [-0.05, 0) is 106 Å². The highest BCUT2D eigenvalue weighted by atomic mass is 16.5. The predicted octanol–water partition coefficient (Wildman–Crippen LogP) is 6.44. The van der Waals surface area contributed by atoms with E-state index in [0.29, 0.717) is 43.6 Å². The van der Waals surface area contributed by atoms with Crippen molar-refractivity contribution in [2.45, 2.75) is 130 Å². The molecule has 0 radical (unpaired) electrons. The van der Waals surface area contributed by atoms with Crippen molar-refractivity contribution < 1.29 is 30.0 Å². The molecule has 0 heterocycles. The molecular formula is C36H58O6. The topological polar surface area (TPSA) is 107 Å². The third-order valence-electron chi connectivity index (χ3n) is 10.6. The third-order valence-corrected chi connectivity index (χ3v) is 10.6. The first kappa shape index (κ1) is 34.8. The van der Waals surface area contributed by atoms with E-state index in [1.54, 1.807) is 13.8 Å². The molecule has 5 unspecified atom stereocenters. The second kappa shape index (κ2) is 14.8. The summed E-state index contributed by atoms with van der Waals surface area (Å²) in [5, 5.41) is 39.8. The number of hydrogen-bond acceptors (Lipinski definition) is 6. The molecule has 4 N–H and O–H groups in total. The SMILES string of the molecule is C=C1/C(=C\C=C2/CCCC3(C)[C@@H]([C@H](C)/C=C/C(O)C4(C(=O)OCCCC)CC4)CC[C@@H]23)CC(O)C(C)C1O.CC(C)O. The van der Waals surface area contributed by atoms with Gasteiger partial charge in [-0.15, -0.1) is 0 Å². The Bertz CT molecular complexity index is 1020. The summed E-state index contributed by atoms with van der Waals surface area (Å²) < 4.78 is 5.45. The minimum absolute atomic E-state index is 0.167. The monoisotopic (exact) mass is 586 g/mol. The number of fused-ring (bicyclic) bond motifs is 1. The number of esters is 1. The molecule has 238 valence electrons. The molecule has 0 saturated heterocycles. The van der Waals surface area contributed by atoms with Gasteiger partial charge in [0.15, 0.2) is 0 Å². The molecule has 42 heavy (non-hydrogen) atoms. The number of ether oxygens (including phenoxy) is 1. The Balaban J connectivity index is 0.00000114. The number of unbranched alkanes of at least 4 members (excludes halogenated alkanes) is 1. The van der Waals surface area contributed by atoms with Gasteiger partial charge in [0.25, 0.3) is 0 Å². The highest BCUT2D eigenvalue weighted by molar-refractivity contribution is 5.81. The fourth-order valence-corrected chi connectivity index (χ4v) is 7.59. The summed E-state index contributed by atoms with van der Waals surface area (Å²) in [5.41, 5.74) is 2.65. The molecule has 0 bridgehead atoms. The number of rotatable bonds is 9. The Morgan fingerprint density at radius 2 is 1.76 bits per heavy atom. The van der Waals surface area contributed by atoms with Crippen LogP contribution in [0.3, 0.4) is 0 Å². The summed E-state index contributed by atoms with van der Waals surface area (Å²) in [4.78, 5) is 12.6. The summed E-state index contributed by atoms with van der Waals surface area (Å²) in [5.74, 6) is 0.931. The highest BCUT2D eigenvalue weighted by Crippen LogP contribution is 2.60. The van der Waals surface area contributed by atoms with Gasteiger partial charge in [-0.25, -0.2) is 0 Å². The fourth-order valence-electron chi connectivity index (χ4n) is 7.59. The molecule has 8 atom stereocenters. The first-order valence-corrected chi connectivity index (χ1v) is 16.4. The number of carbonyl (C=O) groups is 1. The number of aliphatic hydroxyl groups excluding tert-OH is 4. The molecule has 0 amide bonds. The second-order valence-corrected chi connectivity index (χ2v) is 14.1. The van der Waals surface area contributed by atoms with Crippen LogP contribution in [0.15, 0.2) is 47.6 Å². The zero-order chi connectivity index (χ0) is 31.2. The Hall–Kier alpha value is -1.73. The van der Waals surface area contributed by atoms with Gasteiger partial charge < -0.3 is 25.2 Å². The summed E-state index contributed by atoms with van der Waals surface area (Å²) in [6.45, 7) is 16.6. The average molecular weight is 587 g/mol. The van der Waals surface area contributed by atoms with Crippen LogP contribution in [0.25, 0.3) is 0 Å².